The molecule has 0 aliphatic heterocycles. The third-order valence-corrected chi connectivity index (χ3v) is 5.86. The van der Waals surface area contributed by atoms with Gasteiger partial charge in [-0.2, -0.15) is 4.72 Å². The molecule has 20 heavy (non-hydrogen) atoms. The van der Waals surface area contributed by atoms with Crippen molar-refractivity contribution < 1.29 is 18.3 Å². The summed E-state index contributed by atoms with van der Waals surface area (Å²) in [6.45, 7) is 0. The lowest BCUT2D eigenvalue weighted by atomic mass is 9.83. The van der Waals surface area contributed by atoms with Crippen LogP contribution in [0.1, 0.15) is 32.1 Å². The molecule has 1 heterocycles. The van der Waals surface area contributed by atoms with Gasteiger partial charge in [-0.3, -0.25) is 4.79 Å². The molecule has 8 nitrogen and oxygen atoms in total. The van der Waals surface area contributed by atoms with Gasteiger partial charge >= 0.3 is 5.97 Å². The van der Waals surface area contributed by atoms with Crippen molar-refractivity contribution in [2.45, 2.75) is 42.7 Å². The third kappa shape index (κ3) is 2.72. The van der Waals surface area contributed by atoms with Crippen molar-refractivity contribution >= 4 is 31.9 Å². The number of halogens is 1. The molecule has 1 aliphatic carbocycles. The second kappa shape index (κ2) is 5.41. The lowest BCUT2D eigenvalue weighted by molar-refractivity contribution is -0.145. The van der Waals surface area contributed by atoms with Gasteiger partial charge in [0.1, 0.15) is 5.54 Å². The molecule has 1 saturated carbocycles. The summed E-state index contributed by atoms with van der Waals surface area (Å²) in [6.07, 6.45) is 2.84. The van der Waals surface area contributed by atoms with Crippen molar-refractivity contribution in [2.24, 2.45) is 7.05 Å². The molecule has 1 fully saturated rings. The number of aliphatic carboxylic acids is 1. The first-order valence-electron chi connectivity index (χ1n) is 6.11. The highest BCUT2D eigenvalue weighted by molar-refractivity contribution is 9.10. The summed E-state index contributed by atoms with van der Waals surface area (Å²) < 4.78 is 28.3. The Kier molecular flexibility index (Phi) is 4.17. The highest BCUT2D eigenvalue weighted by Crippen LogP contribution is 2.31. The molecule has 0 aromatic carbocycles. The van der Waals surface area contributed by atoms with E-state index in [1.54, 1.807) is 0 Å². The molecule has 0 atom stereocenters. The Balaban J connectivity index is 2.38. The van der Waals surface area contributed by atoms with Crippen molar-refractivity contribution in [3.05, 3.63) is 4.60 Å². The van der Waals surface area contributed by atoms with Gasteiger partial charge < -0.3 is 5.11 Å². The molecule has 10 heteroatoms. The Labute approximate surface area is 124 Å². The number of carboxylic acid groups (broad SMARTS) is 1. The van der Waals surface area contributed by atoms with E-state index >= 15 is 0 Å². The number of aryl methyl sites for hydroxylation is 1. The van der Waals surface area contributed by atoms with E-state index in [9.17, 15) is 18.3 Å². The van der Waals surface area contributed by atoms with Gasteiger partial charge in [0.25, 0.3) is 10.0 Å². The second-order valence-electron chi connectivity index (χ2n) is 4.86. The Morgan fingerprint density at radius 3 is 2.45 bits per heavy atom. The smallest absolute Gasteiger partial charge is 0.324 e. The van der Waals surface area contributed by atoms with E-state index in [1.807, 2.05) is 0 Å². The predicted octanol–water partition coefficient (Wildman–Crippen LogP) is 0.643. The third-order valence-electron chi connectivity index (χ3n) is 3.44. The highest BCUT2D eigenvalue weighted by atomic mass is 79.9. The van der Waals surface area contributed by atoms with E-state index in [4.69, 9.17) is 0 Å². The lowest BCUT2D eigenvalue weighted by Crippen LogP contribution is -2.55. The summed E-state index contributed by atoms with van der Waals surface area (Å²) in [5.41, 5.74) is -1.44. The molecule has 112 valence electrons. The van der Waals surface area contributed by atoms with E-state index in [1.165, 1.54) is 7.05 Å². The van der Waals surface area contributed by atoms with Crippen LogP contribution in [0.5, 0.6) is 0 Å². The maximum absolute atomic E-state index is 12.4. The van der Waals surface area contributed by atoms with Crippen LogP contribution in [-0.2, 0) is 21.9 Å². The number of aromatic nitrogens is 3. The number of nitrogens with zero attached hydrogens (tertiary/aromatic N) is 3. The molecule has 2 N–H and O–H groups in total. The summed E-state index contributed by atoms with van der Waals surface area (Å²) in [7, 11) is -2.59. The molecule has 1 aliphatic rings. The standard InChI is InChI=1S/C10H15BrN4O4S/c1-15-8(7(11)12-14-15)20(18,19)13-10(9(16)17)5-3-2-4-6-10/h13H,2-6H2,1H3,(H,16,17). The topological polar surface area (TPSA) is 114 Å². The number of carboxylic acids is 1. The van der Waals surface area contributed by atoms with E-state index in [0.717, 1.165) is 11.1 Å². The van der Waals surface area contributed by atoms with Crippen LogP contribution in [0.25, 0.3) is 0 Å². The van der Waals surface area contributed by atoms with E-state index in [-0.39, 0.29) is 22.5 Å². The van der Waals surface area contributed by atoms with Crippen LogP contribution in [0, 0.1) is 0 Å². The lowest BCUT2D eigenvalue weighted by Gasteiger charge is -2.33. The molecule has 0 bridgehead atoms. The summed E-state index contributed by atoms with van der Waals surface area (Å²) in [4.78, 5) is 11.5. The van der Waals surface area contributed by atoms with E-state index < -0.39 is 21.5 Å². The SMILES string of the molecule is Cn1nnc(Br)c1S(=O)(=O)NC1(C(=O)O)CCCCC1. The highest BCUT2D eigenvalue weighted by Gasteiger charge is 2.44. The van der Waals surface area contributed by atoms with Crippen molar-refractivity contribution in [1.82, 2.24) is 19.7 Å². The quantitative estimate of drug-likeness (QED) is 0.807. The largest absolute Gasteiger partial charge is 0.480 e. The van der Waals surface area contributed by atoms with Crippen LogP contribution in [0.15, 0.2) is 9.63 Å². The average molecular weight is 367 g/mol. The molecule has 0 saturated heterocycles. The zero-order valence-corrected chi connectivity index (χ0v) is 13.2. The van der Waals surface area contributed by atoms with Gasteiger partial charge in [-0.1, -0.05) is 24.5 Å². The molecular weight excluding hydrogens is 352 g/mol. The predicted molar refractivity (Wildman–Crippen MR) is 72.5 cm³/mol. The minimum atomic E-state index is -4.02. The Hall–Kier alpha value is -1.00. The van der Waals surface area contributed by atoms with Gasteiger partial charge in [0, 0.05) is 7.05 Å². The van der Waals surface area contributed by atoms with Gasteiger partial charge in [-0.25, -0.2) is 13.1 Å². The fourth-order valence-electron chi connectivity index (χ4n) is 2.43. The Morgan fingerprint density at radius 2 is 2.00 bits per heavy atom. The van der Waals surface area contributed by atoms with Crippen molar-refractivity contribution in [2.75, 3.05) is 0 Å². The number of hydrogen-bond acceptors (Lipinski definition) is 5. The van der Waals surface area contributed by atoms with E-state index in [0.29, 0.717) is 12.8 Å². The second-order valence-corrected chi connectivity index (χ2v) is 7.21. The number of sulfonamides is 1. The minimum absolute atomic E-state index is 0.0591. The van der Waals surface area contributed by atoms with Crippen LogP contribution >= 0.6 is 15.9 Å². The van der Waals surface area contributed by atoms with Crippen LogP contribution < -0.4 is 4.72 Å². The van der Waals surface area contributed by atoms with Gasteiger partial charge in [0.2, 0.25) is 5.03 Å². The fraction of sp³-hybridized carbons (Fsp3) is 0.700. The van der Waals surface area contributed by atoms with Gasteiger partial charge in [0.15, 0.2) is 4.60 Å². The maximum Gasteiger partial charge on any atom is 0.324 e. The number of rotatable bonds is 4. The molecule has 1 aromatic heterocycles. The molecule has 0 unspecified atom stereocenters. The molecule has 2 rings (SSSR count). The van der Waals surface area contributed by atoms with Gasteiger partial charge in [-0.15, -0.1) is 5.10 Å². The van der Waals surface area contributed by atoms with Crippen LogP contribution in [0.4, 0.5) is 0 Å². The van der Waals surface area contributed by atoms with Crippen molar-refractivity contribution in [3.63, 3.8) is 0 Å². The van der Waals surface area contributed by atoms with Gasteiger partial charge in [0.05, 0.1) is 0 Å². The fourth-order valence-corrected chi connectivity index (χ4v) is 4.94. The number of nitrogens with one attached hydrogen (secondary N) is 1. The number of carbonyl (C=O) groups is 1. The molecule has 0 spiro atoms. The molecule has 0 amide bonds. The number of hydrogen-bond donors (Lipinski definition) is 2. The van der Waals surface area contributed by atoms with Crippen molar-refractivity contribution in [1.29, 1.82) is 0 Å². The monoisotopic (exact) mass is 366 g/mol. The summed E-state index contributed by atoms with van der Waals surface area (Å²) >= 11 is 3.01. The Bertz CT molecular complexity index is 602. The molecular formula is C10H15BrN4O4S. The summed E-state index contributed by atoms with van der Waals surface area (Å²) in [5.74, 6) is -1.15. The van der Waals surface area contributed by atoms with E-state index in [2.05, 4.69) is 31.0 Å². The molecule has 1 aromatic rings. The first-order valence-corrected chi connectivity index (χ1v) is 8.39. The van der Waals surface area contributed by atoms with Crippen molar-refractivity contribution in [3.8, 4) is 0 Å². The summed E-state index contributed by atoms with van der Waals surface area (Å²) in [6, 6.07) is 0. The zero-order valence-electron chi connectivity index (χ0n) is 10.8. The Morgan fingerprint density at radius 1 is 1.40 bits per heavy atom. The zero-order chi connectivity index (χ0) is 15.0. The normalized spacial score (nSPS) is 18.9. The minimum Gasteiger partial charge on any atom is -0.480 e. The first kappa shape index (κ1) is 15.4. The first-order chi connectivity index (χ1) is 9.28. The van der Waals surface area contributed by atoms with Crippen LogP contribution in [0.2, 0.25) is 0 Å². The summed E-state index contributed by atoms with van der Waals surface area (Å²) in [5, 5.41) is 16.4. The average Bonchev–Trinajstić information content (AvgIpc) is 2.70. The molecule has 0 radical (unpaired) electrons. The van der Waals surface area contributed by atoms with Crippen LogP contribution in [0.3, 0.4) is 0 Å². The maximum atomic E-state index is 12.4. The van der Waals surface area contributed by atoms with Gasteiger partial charge in [-0.05, 0) is 28.8 Å². The van der Waals surface area contributed by atoms with Crippen LogP contribution in [-0.4, -0.2) is 40.0 Å².